The van der Waals surface area contributed by atoms with Crippen LogP contribution in [0, 0.1) is 12.7 Å². The lowest BCUT2D eigenvalue weighted by Gasteiger charge is -2.14. The average Bonchev–Trinajstić information content (AvgIpc) is 2.33. The Hall–Kier alpha value is -2.44. The van der Waals surface area contributed by atoms with Crippen LogP contribution in [0.15, 0.2) is 18.2 Å². The molecule has 2 amide bonds. The van der Waals surface area contributed by atoms with Crippen molar-refractivity contribution in [1.29, 1.82) is 0 Å². The number of carboxylic acid groups (broad SMARTS) is 1. The fourth-order valence-electron chi connectivity index (χ4n) is 1.66. The molecule has 0 aliphatic carbocycles. The van der Waals surface area contributed by atoms with Gasteiger partial charge in [0.1, 0.15) is 11.9 Å². The number of nitrogens with two attached hydrogens (primary N) is 1. The SMILES string of the molecule is Cc1cc(F)ccc1C(=O)N[C@H](CCC(N)=O)C(=O)O. The molecule has 1 atom stereocenters. The highest BCUT2D eigenvalue weighted by molar-refractivity contribution is 5.97. The van der Waals surface area contributed by atoms with Crippen LogP contribution < -0.4 is 11.1 Å². The standard InChI is InChI=1S/C13H15FN2O4/c1-7-6-8(14)2-3-9(7)12(18)16-10(13(19)20)4-5-11(15)17/h2-3,6,10H,4-5H2,1H3,(H2,15,17)(H,16,18)(H,19,20)/t10-/m1/s1. The van der Waals surface area contributed by atoms with E-state index in [1.165, 1.54) is 19.1 Å². The van der Waals surface area contributed by atoms with Crippen molar-refractivity contribution in [3.63, 3.8) is 0 Å². The zero-order chi connectivity index (χ0) is 15.3. The summed E-state index contributed by atoms with van der Waals surface area (Å²) in [6.45, 7) is 1.54. The highest BCUT2D eigenvalue weighted by Gasteiger charge is 2.22. The predicted octanol–water partition coefficient (Wildman–Crippen LogP) is 0.583. The molecule has 0 fully saturated rings. The van der Waals surface area contributed by atoms with Crippen LogP contribution >= 0.6 is 0 Å². The maximum atomic E-state index is 12.9. The molecule has 0 aliphatic rings. The van der Waals surface area contributed by atoms with Gasteiger partial charge >= 0.3 is 5.97 Å². The van der Waals surface area contributed by atoms with Gasteiger partial charge in [-0.05, 0) is 37.1 Å². The van der Waals surface area contributed by atoms with Gasteiger partial charge < -0.3 is 16.2 Å². The predicted molar refractivity (Wildman–Crippen MR) is 68.5 cm³/mol. The summed E-state index contributed by atoms with van der Waals surface area (Å²) in [6.07, 6.45) is -0.254. The third kappa shape index (κ3) is 4.34. The Kier molecular flexibility index (Phi) is 5.19. The van der Waals surface area contributed by atoms with Crippen molar-refractivity contribution in [2.45, 2.75) is 25.8 Å². The summed E-state index contributed by atoms with van der Waals surface area (Å²) in [5.74, 6) is -3.04. The molecule has 1 aromatic carbocycles. The number of benzene rings is 1. The molecule has 0 spiro atoms. The van der Waals surface area contributed by atoms with Gasteiger partial charge in [0.15, 0.2) is 0 Å². The van der Waals surface area contributed by atoms with Gasteiger partial charge in [-0.3, -0.25) is 9.59 Å². The largest absolute Gasteiger partial charge is 0.480 e. The number of amides is 2. The maximum Gasteiger partial charge on any atom is 0.326 e. The van der Waals surface area contributed by atoms with E-state index in [9.17, 15) is 18.8 Å². The van der Waals surface area contributed by atoms with E-state index >= 15 is 0 Å². The summed E-state index contributed by atoms with van der Waals surface area (Å²) >= 11 is 0. The van der Waals surface area contributed by atoms with E-state index in [4.69, 9.17) is 10.8 Å². The van der Waals surface area contributed by atoms with Gasteiger partial charge in [-0.2, -0.15) is 0 Å². The van der Waals surface area contributed by atoms with E-state index in [0.717, 1.165) is 6.07 Å². The maximum absolute atomic E-state index is 12.9. The molecule has 4 N–H and O–H groups in total. The first kappa shape index (κ1) is 15.6. The second-order valence-corrected chi connectivity index (χ2v) is 4.33. The first-order chi connectivity index (χ1) is 9.31. The van der Waals surface area contributed by atoms with Gasteiger partial charge in [-0.15, -0.1) is 0 Å². The molecule has 0 aromatic heterocycles. The molecule has 1 aromatic rings. The zero-order valence-corrected chi connectivity index (χ0v) is 10.9. The minimum absolute atomic E-state index is 0.101. The molecule has 0 heterocycles. The molecule has 0 bridgehead atoms. The Morgan fingerprint density at radius 3 is 2.55 bits per heavy atom. The van der Waals surface area contributed by atoms with Gasteiger partial charge in [-0.25, -0.2) is 9.18 Å². The number of hydrogen-bond donors (Lipinski definition) is 3. The van der Waals surface area contributed by atoms with E-state index in [-0.39, 0.29) is 18.4 Å². The van der Waals surface area contributed by atoms with E-state index in [1.807, 2.05) is 0 Å². The molecule has 0 saturated heterocycles. The van der Waals surface area contributed by atoms with Crippen molar-refractivity contribution in [1.82, 2.24) is 5.32 Å². The summed E-state index contributed by atoms with van der Waals surface area (Å²) < 4.78 is 12.9. The third-order valence-electron chi connectivity index (χ3n) is 2.72. The van der Waals surface area contributed by atoms with Crippen molar-refractivity contribution >= 4 is 17.8 Å². The second kappa shape index (κ2) is 6.65. The molecule has 0 unspecified atom stereocenters. The molecule has 20 heavy (non-hydrogen) atoms. The highest BCUT2D eigenvalue weighted by atomic mass is 19.1. The molecular weight excluding hydrogens is 267 g/mol. The lowest BCUT2D eigenvalue weighted by Crippen LogP contribution is -2.41. The minimum Gasteiger partial charge on any atom is -0.480 e. The molecular formula is C13H15FN2O4. The Bertz CT molecular complexity index is 545. The van der Waals surface area contributed by atoms with Gasteiger partial charge in [0.25, 0.3) is 5.91 Å². The van der Waals surface area contributed by atoms with E-state index in [0.29, 0.717) is 5.56 Å². The van der Waals surface area contributed by atoms with Crippen molar-refractivity contribution in [3.05, 3.63) is 35.1 Å². The Morgan fingerprint density at radius 1 is 1.40 bits per heavy atom. The molecule has 1 rings (SSSR count). The monoisotopic (exact) mass is 282 g/mol. The summed E-state index contributed by atoms with van der Waals surface area (Å²) in [7, 11) is 0. The number of carboxylic acids is 1. The van der Waals surface area contributed by atoms with Gasteiger partial charge in [-0.1, -0.05) is 0 Å². The van der Waals surface area contributed by atoms with Crippen LogP contribution in [0.5, 0.6) is 0 Å². The fraction of sp³-hybridized carbons (Fsp3) is 0.308. The van der Waals surface area contributed by atoms with Crippen LogP contribution in [-0.4, -0.2) is 28.9 Å². The number of carbonyl (C=O) groups excluding carboxylic acids is 2. The average molecular weight is 282 g/mol. The first-order valence-corrected chi connectivity index (χ1v) is 5.89. The summed E-state index contributed by atoms with van der Waals surface area (Å²) in [5, 5.41) is 11.2. The number of rotatable bonds is 6. The van der Waals surface area contributed by atoms with Crippen LogP contribution in [0.25, 0.3) is 0 Å². The number of nitrogens with one attached hydrogen (secondary N) is 1. The number of aliphatic carboxylic acids is 1. The van der Waals surface area contributed by atoms with Crippen molar-refractivity contribution in [2.24, 2.45) is 5.73 Å². The summed E-state index contributed by atoms with van der Waals surface area (Å²) in [6, 6.07) is 2.33. The second-order valence-electron chi connectivity index (χ2n) is 4.33. The zero-order valence-electron chi connectivity index (χ0n) is 10.9. The molecule has 0 radical (unpaired) electrons. The van der Waals surface area contributed by atoms with Crippen molar-refractivity contribution < 1.29 is 23.9 Å². The Morgan fingerprint density at radius 2 is 2.05 bits per heavy atom. The van der Waals surface area contributed by atoms with Gasteiger partial charge in [0, 0.05) is 12.0 Å². The number of aryl methyl sites for hydroxylation is 1. The number of halogens is 1. The van der Waals surface area contributed by atoms with Gasteiger partial charge in [0.2, 0.25) is 5.91 Å². The normalized spacial score (nSPS) is 11.7. The molecule has 6 nitrogen and oxygen atoms in total. The molecule has 108 valence electrons. The Balaban J connectivity index is 2.80. The van der Waals surface area contributed by atoms with Crippen LogP contribution in [-0.2, 0) is 9.59 Å². The Labute approximate surface area is 114 Å². The fourth-order valence-corrected chi connectivity index (χ4v) is 1.66. The van der Waals surface area contributed by atoms with Crippen LogP contribution in [0.2, 0.25) is 0 Å². The van der Waals surface area contributed by atoms with Crippen molar-refractivity contribution in [2.75, 3.05) is 0 Å². The van der Waals surface area contributed by atoms with E-state index in [1.54, 1.807) is 0 Å². The number of carbonyl (C=O) groups is 3. The van der Waals surface area contributed by atoms with Crippen LogP contribution in [0.4, 0.5) is 4.39 Å². The molecule has 0 aliphatic heterocycles. The minimum atomic E-state index is -1.26. The number of primary amides is 1. The topological polar surface area (TPSA) is 109 Å². The van der Waals surface area contributed by atoms with E-state index in [2.05, 4.69) is 5.32 Å². The van der Waals surface area contributed by atoms with Crippen LogP contribution in [0.1, 0.15) is 28.8 Å². The van der Waals surface area contributed by atoms with Crippen molar-refractivity contribution in [3.8, 4) is 0 Å². The summed E-state index contributed by atoms with van der Waals surface area (Å²) in [4.78, 5) is 33.6. The summed E-state index contributed by atoms with van der Waals surface area (Å²) in [5.41, 5.74) is 5.51. The lowest BCUT2D eigenvalue weighted by atomic mass is 10.1. The molecule has 0 saturated carbocycles. The quantitative estimate of drug-likeness (QED) is 0.709. The first-order valence-electron chi connectivity index (χ1n) is 5.89. The van der Waals surface area contributed by atoms with Gasteiger partial charge in [0.05, 0.1) is 0 Å². The lowest BCUT2D eigenvalue weighted by molar-refractivity contribution is -0.139. The molecule has 7 heteroatoms. The highest BCUT2D eigenvalue weighted by Crippen LogP contribution is 2.11. The number of hydrogen-bond acceptors (Lipinski definition) is 3. The van der Waals surface area contributed by atoms with E-state index < -0.39 is 29.6 Å². The van der Waals surface area contributed by atoms with Crippen LogP contribution in [0.3, 0.4) is 0 Å². The third-order valence-corrected chi connectivity index (χ3v) is 2.72. The smallest absolute Gasteiger partial charge is 0.326 e.